The zero-order chi connectivity index (χ0) is 28.2. The summed E-state index contributed by atoms with van der Waals surface area (Å²) in [7, 11) is 3.30. The summed E-state index contributed by atoms with van der Waals surface area (Å²) in [6.07, 6.45) is 0.864. The van der Waals surface area contributed by atoms with Crippen molar-refractivity contribution in [3.8, 4) is 11.5 Å². The fraction of sp³-hybridized carbons (Fsp3) is 0.258. The number of halogens is 1. The van der Waals surface area contributed by atoms with E-state index in [2.05, 4.69) is 28.2 Å². The van der Waals surface area contributed by atoms with Gasteiger partial charge in [-0.25, -0.2) is 9.97 Å². The highest BCUT2D eigenvalue weighted by atomic mass is 35.5. The number of carbonyl (C=O) groups excluding carboxylic acids is 1. The van der Waals surface area contributed by atoms with Crippen molar-refractivity contribution >= 4 is 40.8 Å². The van der Waals surface area contributed by atoms with Gasteiger partial charge < -0.3 is 19.7 Å². The van der Waals surface area contributed by atoms with Gasteiger partial charge in [0.25, 0.3) is 5.91 Å². The van der Waals surface area contributed by atoms with E-state index in [1.165, 1.54) is 28.5 Å². The Morgan fingerprint density at radius 1 is 0.950 bits per heavy atom. The fourth-order valence-electron chi connectivity index (χ4n) is 4.61. The van der Waals surface area contributed by atoms with Crippen molar-refractivity contribution in [2.24, 2.45) is 0 Å². The van der Waals surface area contributed by atoms with Crippen LogP contribution in [0.15, 0.2) is 65.8 Å². The Kier molecular flexibility index (Phi) is 8.47. The lowest BCUT2D eigenvalue weighted by Gasteiger charge is -2.30. The van der Waals surface area contributed by atoms with E-state index in [0.717, 1.165) is 41.3 Å². The van der Waals surface area contributed by atoms with E-state index in [1.807, 2.05) is 55.5 Å². The predicted molar refractivity (Wildman–Crippen MR) is 161 cm³/mol. The van der Waals surface area contributed by atoms with Crippen molar-refractivity contribution in [3.63, 3.8) is 0 Å². The lowest BCUT2D eigenvalue weighted by atomic mass is 9.99. The predicted octanol–water partition coefficient (Wildman–Crippen LogP) is 6.87. The van der Waals surface area contributed by atoms with E-state index < -0.39 is 0 Å². The summed E-state index contributed by atoms with van der Waals surface area (Å²) in [6.45, 7) is 5.59. The van der Waals surface area contributed by atoms with Crippen LogP contribution in [0.3, 0.4) is 0 Å². The zero-order valence-electron chi connectivity index (χ0n) is 23.0. The smallest absolute Gasteiger partial charge is 0.255 e. The third kappa shape index (κ3) is 6.35. The molecule has 0 spiro atoms. The van der Waals surface area contributed by atoms with Crippen LogP contribution in [0.4, 0.5) is 11.5 Å². The summed E-state index contributed by atoms with van der Waals surface area (Å²) in [6, 6.07) is 19.4. The number of rotatable bonds is 8. The maximum absolute atomic E-state index is 12.7. The number of thioether (sulfide) groups is 1. The average Bonchev–Trinajstić information content (AvgIpc) is 2.96. The number of aryl methyl sites for hydroxylation is 2. The minimum absolute atomic E-state index is 0.135. The summed E-state index contributed by atoms with van der Waals surface area (Å²) < 4.78 is 11.0. The molecule has 2 heterocycles. The van der Waals surface area contributed by atoms with E-state index in [-0.39, 0.29) is 5.91 Å². The summed E-state index contributed by atoms with van der Waals surface area (Å²) in [5, 5.41) is 3.98. The third-order valence-electron chi connectivity index (χ3n) is 7.05. The van der Waals surface area contributed by atoms with Crippen LogP contribution in [0.1, 0.15) is 38.2 Å². The van der Waals surface area contributed by atoms with Crippen molar-refractivity contribution < 1.29 is 14.3 Å². The second-order valence-electron chi connectivity index (χ2n) is 9.72. The molecule has 1 aliphatic rings. The van der Waals surface area contributed by atoms with Crippen LogP contribution >= 0.6 is 23.4 Å². The van der Waals surface area contributed by atoms with Gasteiger partial charge in [-0.15, -0.1) is 0 Å². The number of amides is 1. The van der Waals surface area contributed by atoms with E-state index in [9.17, 15) is 4.79 Å². The van der Waals surface area contributed by atoms with Crippen LogP contribution in [-0.4, -0.2) is 36.6 Å². The van der Waals surface area contributed by atoms with Gasteiger partial charge in [0.2, 0.25) is 0 Å². The third-order valence-corrected chi connectivity index (χ3v) is 8.16. The molecule has 4 aromatic rings. The van der Waals surface area contributed by atoms with E-state index in [4.69, 9.17) is 26.1 Å². The molecular weight excluding hydrogens is 544 g/mol. The molecule has 1 amide bonds. The first-order valence-electron chi connectivity index (χ1n) is 13.0. The first-order valence-corrected chi connectivity index (χ1v) is 14.3. The van der Waals surface area contributed by atoms with Gasteiger partial charge in [0.1, 0.15) is 11.0 Å². The summed E-state index contributed by atoms with van der Waals surface area (Å²) in [5.41, 5.74) is 7.21. The molecule has 40 heavy (non-hydrogen) atoms. The van der Waals surface area contributed by atoms with Crippen LogP contribution in [0.2, 0.25) is 5.15 Å². The highest BCUT2D eigenvalue weighted by Crippen LogP contribution is 2.35. The number of hydrogen-bond acceptors (Lipinski definition) is 7. The quantitative estimate of drug-likeness (QED) is 0.140. The molecule has 206 valence electrons. The molecule has 0 unspecified atom stereocenters. The van der Waals surface area contributed by atoms with Gasteiger partial charge in [-0.05, 0) is 84.5 Å². The van der Waals surface area contributed by atoms with Crippen LogP contribution in [0, 0.1) is 13.8 Å². The number of benzene rings is 3. The van der Waals surface area contributed by atoms with E-state index >= 15 is 0 Å². The summed E-state index contributed by atoms with van der Waals surface area (Å²) >= 11 is 7.92. The molecule has 1 aliphatic heterocycles. The van der Waals surface area contributed by atoms with Gasteiger partial charge in [0.05, 0.1) is 14.2 Å². The van der Waals surface area contributed by atoms with Crippen molar-refractivity contribution in [2.45, 2.75) is 37.7 Å². The molecule has 0 fully saturated rings. The lowest BCUT2D eigenvalue weighted by molar-refractivity contribution is 0.102. The van der Waals surface area contributed by atoms with Gasteiger partial charge in [-0.2, -0.15) is 0 Å². The minimum Gasteiger partial charge on any atom is -0.493 e. The van der Waals surface area contributed by atoms with Crippen molar-refractivity contribution in [3.05, 3.63) is 99.2 Å². The number of nitrogens with one attached hydrogen (secondary N) is 1. The number of carbonyl (C=O) groups is 1. The molecule has 0 aliphatic carbocycles. The number of methoxy groups -OCH3 is 2. The van der Waals surface area contributed by atoms with Crippen LogP contribution in [0.5, 0.6) is 11.5 Å². The van der Waals surface area contributed by atoms with E-state index in [0.29, 0.717) is 33.9 Å². The minimum atomic E-state index is -0.135. The Bertz CT molecular complexity index is 1540. The Hall–Kier alpha value is -3.75. The van der Waals surface area contributed by atoms with Gasteiger partial charge in [0.15, 0.2) is 16.7 Å². The highest BCUT2D eigenvalue weighted by molar-refractivity contribution is 7.98. The van der Waals surface area contributed by atoms with E-state index in [1.54, 1.807) is 20.3 Å². The molecule has 0 radical (unpaired) electrons. The number of aromatic nitrogens is 2. The maximum atomic E-state index is 12.7. The average molecular weight is 575 g/mol. The Labute approximate surface area is 243 Å². The van der Waals surface area contributed by atoms with Crippen LogP contribution in [-0.2, 0) is 18.7 Å². The molecule has 7 nitrogen and oxygen atoms in total. The number of nitrogens with zero attached hydrogens (tertiary/aromatic N) is 3. The van der Waals surface area contributed by atoms with Gasteiger partial charge >= 0.3 is 0 Å². The SMILES string of the molecule is COc1cc2c(cc1OC)CN(c1cc(Cl)nc(SCc3ccc(C(=O)Nc4ccc(C)c(C)c4)cc3)n1)CC2. The standard InChI is InChI=1S/C31H31ClN4O3S/c1-19-5-10-25(13-20(19)2)33-30(37)22-8-6-21(7-9-22)18-40-31-34-28(32)16-29(35-31)36-12-11-23-14-26(38-3)27(39-4)15-24(23)17-36/h5-10,13-16H,11-12,17-18H2,1-4H3,(H,33,37). The highest BCUT2D eigenvalue weighted by Gasteiger charge is 2.21. The van der Waals surface area contributed by atoms with Crippen molar-refractivity contribution in [2.75, 3.05) is 31.0 Å². The number of anilines is 2. The summed E-state index contributed by atoms with van der Waals surface area (Å²) in [4.78, 5) is 24.1. The molecular formula is C31H31ClN4O3S. The van der Waals surface area contributed by atoms with Gasteiger partial charge in [-0.3, -0.25) is 4.79 Å². The van der Waals surface area contributed by atoms with Crippen LogP contribution < -0.4 is 19.7 Å². The first-order chi connectivity index (χ1) is 19.3. The second-order valence-corrected chi connectivity index (χ2v) is 11.0. The molecule has 0 bridgehead atoms. The zero-order valence-corrected chi connectivity index (χ0v) is 24.5. The van der Waals surface area contributed by atoms with Crippen molar-refractivity contribution in [1.29, 1.82) is 0 Å². The maximum Gasteiger partial charge on any atom is 0.255 e. The molecule has 1 N–H and O–H groups in total. The Morgan fingerprint density at radius 3 is 2.38 bits per heavy atom. The Balaban J connectivity index is 1.23. The molecule has 0 saturated heterocycles. The first kappa shape index (κ1) is 27.8. The molecule has 5 rings (SSSR count). The largest absolute Gasteiger partial charge is 0.493 e. The number of hydrogen-bond donors (Lipinski definition) is 1. The molecule has 0 atom stereocenters. The lowest BCUT2D eigenvalue weighted by Crippen LogP contribution is -2.31. The molecule has 9 heteroatoms. The number of fused-ring (bicyclic) bond motifs is 1. The van der Waals surface area contributed by atoms with Crippen molar-refractivity contribution in [1.82, 2.24) is 9.97 Å². The molecule has 1 aromatic heterocycles. The monoisotopic (exact) mass is 574 g/mol. The Morgan fingerprint density at radius 2 is 1.68 bits per heavy atom. The van der Waals surface area contributed by atoms with Gasteiger partial charge in [-0.1, -0.05) is 41.6 Å². The fourth-order valence-corrected chi connectivity index (χ4v) is 5.65. The molecule has 3 aromatic carbocycles. The second kappa shape index (κ2) is 12.2. The summed E-state index contributed by atoms with van der Waals surface area (Å²) in [5.74, 6) is 2.77. The number of ether oxygens (including phenoxy) is 2. The normalized spacial score (nSPS) is 12.6. The van der Waals surface area contributed by atoms with Crippen LogP contribution in [0.25, 0.3) is 0 Å². The molecule has 0 saturated carbocycles. The topological polar surface area (TPSA) is 76.6 Å². The van der Waals surface area contributed by atoms with Gasteiger partial charge in [0, 0.05) is 36.2 Å².